The Kier molecular flexibility index (Phi) is 8.62. The summed E-state index contributed by atoms with van der Waals surface area (Å²) in [5, 5.41) is 11.0. The first-order chi connectivity index (χ1) is 16.2. The van der Waals surface area contributed by atoms with Crippen molar-refractivity contribution in [3.05, 3.63) is 40.2 Å². The first-order valence-electron chi connectivity index (χ1n) is 11.2. The predicted octanol–water partition coefficient (Wildman–Crippen LogP) is 1.70. The summed E-state index contributed by atoms with van der Waals surface area (Å²) in [7, 11) is 0. The second-order valence-electron chi connectivity index (χ2n) is 9.39. The van der Waals surface area contributed by atoms with Gasteiger partial charge in [0.25, 0.3) is 0 Å². The normalized spacial score (nSPS) is 13.8. The summed E-state index contributed by atoms with van der Waals surface area (Å²) in [5.74, 6) is -1.65. The molecule has 0 fully saturated rings. The van der Waals surface area contributed by atoms with E-state index in [4.69, 9.17) is 4.74 Å². The fourth-order valence-corrected chi connectivity index (χ4v) is 3.12. The Hall–Kier alpha value is -3.89. The van der Waals surface area contributed by atoms with Crippen LogP contribution in [0.15, 0.2) is 29.1 Å². The number of benzene rings is 1. The van der Waals surface area contributed by atoms with Gasteiger partial charge in [-0.15, -0.1) is 0 Å². The number of amides is 4. The smallest absolute Gasteiger partial charge is 0.408 e. The minimum Gasteiger partial charge on any atom is -0.444 e. The Bertz CT molecular complexity index is 1180. The average Bonchev–Trinajstić information content (AvgIpc) is 2.71. The van der Waals surface area contributed by atoms with Crippen LogP contribution in [-0.4, -0.2) is 52.5 Å². The minimum absolute atomic E-state index is 0.245. The third-order valence-electron chi connectivity index (χ3n) is 4.95. The standard InChI is InChI=1S/C24H33N5O6/c1-12-10-19(30)29-18-11-16(8-9-17(12)18)28-22(33)14(3)26-20(31)13(2)25-21(32)15(4)27-23(34)35-24(5,6)7/h8-11,13-15H,1-7H3,(H,25,32)(H,26,31)(H,27,34)(H,28,33)(H,29,30). The molecule has 0 bridgehead atoms. The molecular weight excluding hydrogens is 454 g/mol. The maximum atomic E-state index is 12.6. The summed E-state index contributed by atoms with van der Waals surface area (Å²) in [5.41, 5.74) is 0.885. The number of carbonyl (C=O) groups is 4. The van der Waals surface area contributed by atoms with Gasteiger partial charge in [-0.05, 0) is 66.2 Å². The molecule has 3 unspecified atom stereocenters. The van der Waals surface area contributed by atoms with Crippen molar-refractivity contribution in [2.45, 2.75) is 72.2 Å². The SMILES string of the molecule is Cc1cc(=O)[nH]c2cc(NC(=O)C(C)NC(=O)C(C)NC(=O)C(C)NC(=O)OC(C)(C)C)ccc12. The number of rotatable bonds is 7. The number of aryl methyl sites for hydroxylation is 1. The number of nitrogens with one attached hydrogen (secondary N) is 5. The minimum atomic E-state index is -0.964. The quantitative estimate of drug-likeness (QED) is 0.400. The van der Waals surface area contributed by atoms with Crippen LogP contribution in [0.5, 0.6) is 0 Å². The summed E-state index contributed by atoms with van der Waals surface area (Å²) in [6.07, 6.45) is -0.754. The van der Waals surface area contributed by atoms with Gasteiger partial charge in [-0.1, -0.05) is 6.07 Å². The number of aromatic amines is 1. The molecule has 5 N–H and O–H groups in total. The molecule has 2 rings (SSSR count). The van der Waals surface area contributed by atoms with Crippen LogP contribution in [0.1, 0.15) is 47.1 Å². The molecule has 1 heterocycles. The van der Waals surface area contributed by atoms with Gasteiger partial charge in [-0.2, -0.15) is 0 Å². The number of H-pyrrole nitrogens is 1. The van der Waals surface area contributed by atoms with Crippen LogP contribution in [0.3, 0.4) is 0 Å². The second-order valence-corrected chi connectivity index (χ2v) is 9.39. The van der Waals surface area contributed by atoms with Crippen LogP contribution in [-0.2, 0) is 19.1 Å². The molecule has 0 saturated heterocycles. The zero-order valence-corrected chi connectivity index (χ0v) is 21.0. The van der Waals surface area contributed by atoms with E-state index in [1.165, 1.54) is 26.8 Å². The fraction of sp³-hybridized carbons (Fsp3) is 0.458. The first-order valence-corrected chi connectivity index (χ1v) is 11.2. The molecule has 0 spiro atoms. The van der Waals surface area contributed by atoms with Gasteiger partial charge in [-0.25, -0.2) is 4.79 Å². The molecule has 0 aliphatic carbocycles. The third kappa shape index (κ3) is 8.13. The molecule has 4 amide bonds. The van der Waals surface area contributed by atoms with E-state index in [1.54, 1.807) is 39.0 Å². The number of ether oxygens (including phenoxy) is 1. The largest absolute Gasteiger partial charge is 0.444 e. The molecule has 35 heavy (non-hydrogen) atoms. The highest BCUT2D eigenvalue weighted by molar-refractivity contribution is 5.99. The molecule has 0 aliphatic rings. The van der Waals surface area contributed by atoms with Gasteiger partial charge in [0.2, 0.25) is 23.3 Å². The number of pyridine rings is 1. The lowest BCUT2D eigenvalue weighted by Gasteiger charge is -2.23. The van der Waals surface area contributed by atoms with Gasteiger partial charge in [0.15, 0.2) is 0 Å². The summed E-state index contributed by atoms with van der Waals surface area (Å²) in [6, 6.07) is 3.79. The van der Waals surface area contributed by atoms with Crippen molar-refractivity contribution >= 4 is 40.4 Å². The Morgan fingerprint density at radius 3 is 1.97 bits per heavy atom. The van der Waals surface area contributed by atoms with Gasteiger partial charge in [0.1, 0.15) is 23.7 Å². The lowest BCUT2D eigenvalue weighted by atomic mass is 10.1. The van der Waals surface area contributed by atoms with Gasteiger partial charge in [0, 0.05) is 17.1 Å². The average molecular weight is 488 g/mol. The van der Waals surface area contributed by atoms with Crippen molar-refractivity contribution in [3.63, 3.8) is 0 Å². The van der Waals surface area contributed by atoms with Gasteiger partial charge < -0.3 is 31.0 Å². The van der Waals surface area contributed by atoms with Crippen LogP contribution < -0.4 is 26.8 Å². The zero-order valence-electron chi connectivity index (χ0n) is 21.0. The van der Waals surface area contributed by atoms with E-state index < -0.39 is 47.5 Å². The Labute approximate surface area is 203 Å². The summed E-state index contributed by atoms with van der Waals surface area (Å²) in [4.78, 5) is 63.6. The van der Waals surface area contributed by atoms with Gasteiger partial charge >= 0.3 is 6.09 Å². The molecule has 11 nitrogen and oxygen atoms in total. The van der Waals surface area contributed by atoms with Crippen molar-refractivity contribution in [1.29, 1.82) is 0 Å². The Balaban J connectivity index is 1.90. The third-order valence-corrected chi connectivity index (χ3v) is 4.95. The van der Waals surface area contributed by atoms with E-state index in [0.717, 1.165) is 10.9 Å². The van der Waals surface area contributed by atoms with E-state index >= 15 is 0 Å². The highest BCUT2D eigenvalue weighted by Gasteiger charge is 2.25. The van der Waals surface area contributed by atoms with E-state index in [1.807, 2.05) is 6.92 Å². The summed E-state index contributed by atoms with van der Waals surface area (Å²) in [6.45, 7) is 11.3. The van der Waals surface area contributed by atoms with Crippen LogP contribution in [0.2, 0.25) is 0 Å². The molecule has 0 saturated carbocycles. The lowest BCUT2D eigenvalue weighted by molar-refractivity contribution is -0.131. The highest BCUT2D eigenvalue weighted by atomic mass is 16.6. The number of aromatic nitrogens is 1. The van der Waals surface area contributed by atoms with Crippen LogP contribution in [0.4, 0.5) is 10.5 Å². The molecule has 2 aromatic rings. The Morgan fingerprint density at radius 1 is 0.857 bits per heavy atom. The van der Waals surface area contributed by atoms with Crippen LogP contribution in [0.25, 0.3) is 10.9 Å². The predicted molar refractivity (Wildman–Crippen MR) is 132 cm³/mol. The monoisotopic (exact) mass is 487 g/mol. The van der Waals surface area contributed by atoms with E-state index in [0.29, 0.717) is 11.2 Å². The van der Waals surface area contributed by atoms with E-state index in [-0.39, 0.29) is 5.56 Å². The Morgan fingerprint density at radius 2 is 1.40 bits per heavy atom. The number of hydrogen-bond donors (Lipinski definition) is 5. The van der Waals surface area contributed by atoms with Crippen molar-refractivity contribution in [3.8, 4) is 0 Å². The fourth-order valence-electron chi connectivity index (χ4n) is 3.12. The van der Waals surface area contributed by atoms with E-state index in [9.17, 15) is 24.0 Å². The topological polar surface area (TPSA) is 158 Å². The number of fused-ring (bicyclic) bond motifs is 1. The van der Waals surface area contributed by atoms with E-state index in [2.05, 4.69) is 26.3 Å². The van der Waals surface area contributed by atoms with Crippen molar-refractivity contribution < 1.29 is 23.9 Å². The van der Waals surface area contributed by atoms with Crippen LogP contribution >= 0.6 is 0 Å². The highest BCUT2D eigenvalue weighted by Crippen LogP contribution is 2.19. The number of hydrogen-bond acceptors (Lipinski definition) is 6. The van der Waals surface area contributed by atoms with Gasteiger partial charge in [0.05, 0.1) is 5.52 Å². The maximum Gasteiger partial charge on any atom is 0.408 e. The van der Waals surface area contributed by atoms with Crippen molar-refractivity contribution in [2.24, 2.45) is 0 Å². The summed E-state index contributed by atoms with van der Waals surface area (Å²) < 4.78 is 5.10. The number of alkyl carbamates (subject to hydrolysis) is 1. The molecule has 190 valence electrons. The zero-order chi connectivity index (χ0) is 26.5. The maximum absolute atomic E-state index is 12.6. The van der Waals surface area contributed by atoms with Gasteiger partial charge in [-0.3, -0.25) is 19.2 Å². The molecule has 3 atom stereocenters. The lowest BCUT2D eigenvalue weighted by Crippen LogP contribution is -2.54. The molecule has 1 aromatic carbocycles. The molecule has 0 aliphatic heterocycles. The molecule has 0 radical (unpaired) electrons. The summed E-state index contributed by atoms with van der Waals surface area (Å²) >= 11 is 0. The second kappa shape index (κ2) is 11.0. The first kappa shape index (κ1) is 27.4. The van der Waals surface area contributed by atoms with Crippen molar-refractivity contribution in [1.82, 2.24) is 20.9 Å². The van der Waals surface area contributed by atoms with Crippen LogP contribution in [0, 0.1) is 6.92 Å². The van der Waals surface area contributed by atoms with Crippen molar-refractivity contribution in [2.75, 3.05) is 5.32 Å². The molecular formula is C24H33N5O6. The number of anilines is 1. The number of carbonyl (C=O) groups excluding carboxylic acids is 4. The molecule has 11 heteroatoms. The molecule has 1 aromatic heterocycles.